The van der Waals surface area contributed by atoms with Gasteiger partial charge in [0.2, 0.25) is 29.5 Å². The zero-order valence-electron chi connectivity index (χ0n) is 32.0. The molecule has 1 aliphatic rings. The molecule has 0 saturated heterocycles. The number of aliphatic carboxylic acids is 1. The van der Waals surface area contributed by atoms with Gasteiger partial charge in [-0.05, 0) is 36.1 Å². The number of benzene rings is 2. The topological polar surface area (TPSA) is 225 Å². The monoisotopic (exact) mass is 779 g/mol. The number of nitrogens with one attached hydrogen (secondary N) is 3. The van der Waals surface area contributed by atoms with Crippen LogP contribution >= 0.6 is 0 Å². The predicted molar refractivity (Wildman–Crippen MR) is 205 cm³/mol. The Bertz CT molecular complexity index is 1690. The number of carbonyl (C=O) groups excluding carboxylic acids is 5. The molecule has 2 unspecified atom stereocenters. The van der Waals surface area contributed by atoms with E-state index in [9.17, 15) is 28.8 Å². The number of nitrogens with two attached hydrogens (primary N) is 1. The molecule has 0 spiro atoms. The van der Waals surface area contributed by atoms with Crippen molar-refractivity contribution in [2.75, 3.05) is 64.3 Å². The van der Waals surface area contributed by atoms with Crippen molar-refractivity contribution in [3.8, 4) is 11.8 Å². The van der Waals surface area contributed by atoms with E-state index < -0.39 is 35.8 Å². The van der Waals surface area contributed by atoms with E-state index in [2.05, 4.69) is 27.8 Å². The number of anilines is 1. The van der Waals surface area contributed by atoms with Gasteiger partial charge in [0, 0.05) is 43.4 Å². The summed E-state index contributed by atoms with van der Waals surface area (Å²) < 4.78 is 21.8. The Morgan fingerprint density at radius 2 is 1.32 bits per heavy atom. The van der Waals surface area contributed by atoms with Crippen molar-refractivity contribution in [2.45, 2.75) is 64.6 Å². The van der Waals surface area contributed by atoms with Crippen LogP contribution in [0, 0.1) is 17.8 Å². The van der Waals surface area contributed by atoms with E-state index in [1.54, 1.807) is 18.7 Å². The lowest BCUT2D eigenvalue weighted by molar-refractivity contribution is -0.138. The molecule has 16 heteroatoms. The Labute approximate surface area is 327 Å². The van der Waals surface area contributed by atoms with E-state index in [4.69, 9.17) is 29.8 Å². The maximum Gasteiger partial charge on any atom is 0.303 e. The molecule has 0 radical (unpaired) electrons. The minimum atomic E-state index is -1.15. The first kappa shape index (κ1) is 45.1. The summed E-state index contributed by atoms with van der Waals surface area (Å²) >= 11 is 0. The molecule has 1 heterocycles. The first-order valence-corrected chi connectivity index (χ1v) is 18.6. The van der Waals surface area contributed by atoms with E-state index in [0.717, 1.165) is 22.4 Å². The maximum atomic E-state index is 13.3. The van der Waals surface area contributed by atoms with E-state index in [1.165, 1.54) is 0 Å². The van der Waals surface area contributed by atoms with Gasteiger partial charge in [-0.15, -0.1) is 0 Å². The van der Waals surface area contributed by atoms with Gasteiger partial charge >= 0.3 is 5.97 Å². The van der Waals surface area contributed by atoms with Crippen molar-refractivity contribution >= 4 is 41.2 Å². The van der Waals surface area contributed by atoms with Crippen molar-refractivity contribution in [1.82, 2.24) is 16.0 Å². The van der Waals surface area contributed by atoms with Gasteiger partial charge < -0.3 is 50.6 Å². The van der Waals surface area contributed by atoms with E-state index in [1.807, 2.05) is 48.5 Å². The van der Waals surface area contributed by atoms with E-state index >= 15 is 0 Å². The second kappa shape index (κ2) is 24.9. The van der Waals surface area contributed by atoms with E-state index in [0.29, 0.717) is 39.5 Å². The number of ether oxygens (including phenoxy) is 4. The number of carboxylic acids is 1. The molecule has 0 saturated carbocycles. The van der Waals surface area contributed by atoms with Crippen LogP contribution in [0.25, 0.3) is 0 Å². The molecule has 2 aromatic rings. The Morgan fingerprint density at radius 3 is 1.96 bits per heavy atom. The number of para-hydroxylation sites is 1. The predicted octanol–water partition coefficient (Wildman–Crippen LogP) is 1.26. The van der Waals surface area contributed by atoms with Gasteiger partial charge in [0.15, 0.2) is 0 Å². The van der Waals surface area contributed by atoms with Gasteiger partial charge in [-0.2, -0.15) is 0 Å². The zero-order valence-corrected chi connectivity index (χ0v) is 32.0. The molecule has 56 heavy (non-hydrogen) atoms. The third-order valence-electron chi connectivity index (χ3n) is 8.47. The lowest BCUT2D eigenvalue weighted by Gasteiger charge is -2.26. The van der Waals surface area contributed by atoms with Gasteiger partial charge in [0.05, 0.1) is 65.1 Å². The fourth-order valence-corrected chi connectivity index (χ4v) is 5.46. The van der Waals surface area contributed by atoms with Crippen molar-refractivity contribution in [3.05, 3.63) is 65.2 Å². The second-order valence-electron chi connectivity index (χ2n) is 13.1. The molecule has 0 fully saturated rings. The summed E-state index contributed by atoms with van der Waals surface area (Å²) in [4.78, 5) is 75.1. The van der Waals surface area contributed by atoms with Gasteiger partial charge in [0.1, 0.15) is 12.1 Å². The van der Waals surface area contributed by atoms with Crippen LogP contribution in [0.1, 0.15) is 62.6 Å². The SMILES string of the molecule is CC(C)C(NC(=O)C(CCC(=O)O)NC(=O)CCOCCOCCOCCOCCNC(=O)CCC(=O)N1Cc2ccccc2C#Cc2ccccc21)C(N)=O. The molecule has 5 amide bonds. The number of hydrogen-bond acceptors (Lipinski definition) is 10. The molecule has 0 aromatic heterocycles. The smallest absolute Gasteiger partial charge is 0.303 e. The minimum absolute atomic E-state index is 0.0455. The number of carbonyl (C=O) groups is 6. The summed E-state index contributed by atoms with van der Waals surface area (Å²) in [5.41, 5.74) is 8.64. The molecule has 1 aliphatic heterocycles. The summed E-state index contributed by atoms with van der Waals surface area (Å²) in [6, 6.07) is 13.1. The number of rotatable bonds is 26. The average molecular weight is 780 g/mol. The molecule has 3 rings (SSSR count). The molecule has 0 aliphatic carbocycles. The van der Waals surface area contributed by atoms with Crippen LogP contribution in [0.15, 0.2) is 48.5 Å². The van der Waals surface area contributed by atoms with Crippen LogP contribution in [0.4, 0.5) is 5.69 Å². The largest absolute Gasteiger partial charge is 0.481 e. The first-order valence-electron chi connectivity index (χ1n) is 18.6. The Morgan fingerprint density at radius 1 is 0.732 bits per heavy atom. The minimum Gasteiger partial charge on any atom is -0.481 e. The molecule has 16 nitrogen and oxygen atoms in total. The standard InChI is InChI=1S/C40H53N5O11/c1-28(2)38(39(41)51)44-40(52)32(13-16-37(49)50)43-35(47)17-19-53-21-23-55-25-26-56-24-22-54-20-18-42-34(46)14-15-36(48)45-27-31-9-4-3-7-29(31)11-12-30-8-5-6-10-33(30)45/h3-10,28,32,38H,13-27H2,1-2H3,(H2,41,51)(H,42,46)(H,43,47)(H,44,52)(H,49,50). The number of nitrogens with zero attached hydrogens (tertiary/aromatic N) is 1. The number of fused-ring (bicyclic) bond motifs is 2. The third kappa shape index (κ3) is 16.6. The van der Waals surface area contributed by atoms with Crippen LogP contribution in [-0.2, 0) is 54.3 Å². The fraction of sp³-hybridized carbons (Fsp3) is 0.500. The number of hydrogen-bond donors (Lipinski definition) is 5. The first-order chi connectivity index (χ1) is 27.0. The van der Waals surface area contributed by atoms with Crippen molar-refractivity contribution < 1.29 is 52.8 Å². The highest BCUT2D eigenvalue weighted by atomic mass is 16.6. The molecule has 2 atom stereocenters. The van der Waals surface area contributed by atoms with Crippen LogP contribution in [0.3, 0.4) is 0 Å². The highest BCUT2D eigenvalue weighted by Gasteiger charge is 2.28. The summed E-state index contributed by atoms with van der Waals surface area (Å²) in [7, 11) is 0. The number of primary amides is 1. The van der Waals surface area contributed by atoms with Gasteiger partial charge in [-0.3, -0.25) is 28.8 Å². The van der Waals surface area contributed by atoms with Crippen molar-refractivity contribution in [3.63, 3.8) is 0 Å². The summed E-state index contributed by atoms with van der Waals surface area (Å²) in [6.07, 6.45) is -0.499. The highest BCUT2D eigenvalue weighted by Crippen LogP contribution is 2.26. The highest BCUT2D eigenvalue weighted by molar-refractivity contribution is 5.97. The number of amides is 5. The average Bonchev–Trinajstić information content (AvgIpc) is 3.16. The fourth-order valence-electron chi connectivity index (χ4n) is 5.46. The lowest BCUT2D eigenvalue weighted by atomic mass is 10.0. The molecule has 0 bridgehead atoms. The van der Waals surface area contributed by atoms with Gasteiger partial charge in [-0.25, -0.2) is 0 Å². The Hall–Kier alpha value is -5.34. The maximum absolute atomic E-state index is 13.3. The Balaban J connectivity index is 1.18. The lowest BCUT2D eigenvalue weighted by Crippen LogP contribution is -2.54. The van der Waals surface area contributed by atoms with Crippen LogP contribution in [-0.4, -0.2) is 112 Å². The second-order valence-corrected chi connectivity index (χ2v) is 13.1. The van der Waals surface area contributed by atoms with Crippen LogP contribution in [0.5, 0.6) is 0 Å². The Kier molecular flexibility index (Phi) is 20.1. The molecular weight excluding hydrogens is 726 g/mol. The van der Waals surface area contributed by atoms with Crippen LogP contribution < -0.4 is 26.6 Å². The van der Waals surface area contributed by atoms with Gasteiger partial charge in [0.25, 0.3) is 0 Å². The molecule has 6 N–H and O–H groups in total. The van der Waals surface area contributed by atoms with Crippen LogP contribution in [0.2, 0.25) is 0 Å². The van der Waals surface area contributed by atoms with E-state index in [-0.39, 0.29) is 76.3 Å². The quantitative estimate of drug-likeness (QED) is 0.0675. The third-order valence-corrected chi connectivity index (χ3v) is 8.47. The summed E-state index contributed by atoms with van der Waals surface area (Å²) in [6.45, 7) is 6.14. The zero-order chi connectivity index (χ0) is 40.7. The van der Waals surface area contributed by atoms with Crippen molar-refractivity contribution in [1.29, 1.82) is 0 Å². The summed E-state index contributed by atoms with van der Waals surface area (Å²) in [5, 5.41) is 16.8. The van der Waals surface area contributed by atoms with Crippen molar-refractivity contribution in [2.24, 2.45) is 11.7 Å². The molecule has 2 aromatic carbocycles. The normalized spacial score (nSPS) is 12.8. The summed E-state index contributed by atoms with van der Waals surface area (Å²) in [5.74, 6) is 2.58. The van der Waals surface area contributed by atoms with Gasteiger partial charge in [-0.1, -0.05) is 56.0 Å². The number of carboxylic acid groups (broad SMARTS) is 1. The molecular formula is C40H53N5O11. The molecule has 304 valence electrons.